The molecule has 3 aromatic rings. The fraction of sp³-hybridized carbons (Fsp3) is 0.0435. The van der Waals surface area contributed by atoms with E-state index in [1.165, 1.54) is 18.2 Å². The van der Waals surface area contributed by atoms with Gasteiger partial charge in [0.1, 0.15) is 29.7 Å². The number of ether oxygens (including phenoxy) is 1. The average Bonchev–Trinajstić information content (AvgIpc) is 2.74. The van der Waals surface area contributed by atoms with Crippen molar-refractivity contribution in [3.05, 3.63) is 92.9 Å². The van der Waals surface area contributed by atoms with Crippen LogP contribution in [0.15, 0.2) is 76.8 Å². The highest BCUT2D eigenvalue weighted by atomic mass is 79.9. The lowest BCUT2D eigenvalue weighted by Crippen LogP contribution is -2.13. The van der Waals surface area contributed by atoms with Gasteiger partial charge in [-0.05, 0) is 54.6 Å². The molecule has 1 amide bonds. The van der Waals surface area contributed by atoms with Gasteiger partial charge in [-0.25, -0.2) is 0 Å². The number of nitrogens with zero attached hydrogens (tertiary/aromatic N) is 1. The summed E-state index contributed by atoms with van der Waals surface area (Å²) in [5.74, 6) is 0.0158. The third kappa shape index (κ3) is 5.63. The van der Waals surface area contributed by atoms with E-state index in [1.807, 2.05) is 30.3 Å². The number of phenolic OH excluding ortho intramolecular Hbond substituents is 1. The van der Waals surface area contributed by atoms with Crippen LogP contribution in [-0.4, -0.2) is 11.0 Å². The molecule has 0 aliphatic carbocycles. The van der Waals surface area contributed by atoms with E-state index >= 15 is 0 Å². The topological polar surface area (TPSA) is 82.3 Å². The maximum absolute atomic E-state index is 12.5. The predicted octanol–water partition coefficient (Wildman–Crippen LogP) is 5.93. The molecule has 0 radical (unpaired) electrons. The van der Waals surface area contributed by atoms with Crippen LogP contribution in [0.5, 0.6) is 11.5 Å². The molecule has 3 rings (SSSR count). The molecule has 0 aromatic heterocycles. The molecule has 0 atom stereocenters. The summed E-state index contributed by atoms with van der Waals surface area (Å²) in [5.41, 5.74) is 1.75. The minimum Gasteiger partial charge on any atom is -0.508 e. The van der Waals surface area contributed by atoms with Gasteiger partial charge < -0.3 is 15.2 Å². The third-order valence-corrected chi connectivity index (χ3v) is 4.96. The number of amides is 1. The van der Waals surface area contributed by atoms with Crippen molar-refractivity contribution in [2.45, 2.75) is 6.61 Å². The zero-order valence-electron chi connectivity index (χ0n) is 15.6. The maximum Gasteiger partial charge on any atom is 0.266 e. The Kier molecular flexibility index (Phi) is 7.12. The molecule has 150 valence electrons. The summed E-state index contributed by atoms with van der Waals surface area (Å²) in [6.45, 7) is 0.240. The molecule has 0 fully saturated rings. The second-order valence-electron chi connectivity index (χ2n) is 6.23. The van der Waals surface area contributed by atoms with E-state index in [4.69, 9.17) is 16.3 Å². The smallest absolute Gasteiger partial charge is 0.266 e. The monoisotopic (exact) mass is 482 g/mol. The van der Waals surface area contributed by atoms with Gasteiger partial charge in [0.05, 0.1) is 0 Å². The fourth-order valence-electron chi connectivity index (χ4n) is 2.58. The minimum atomic E-state index is -0.569. The van der Waals surface area contributed by atoms with Crippen molar-refractivity contribution in [1.29, 1.82) is 5.26 Å². The van der Waals surface area contributed by atoms with Crippen LogP contribution in [0.4, 0.5) is 5.69 Å². The van der Waals surface area contributed by atoms with Crippen LogP contribution in [0.2, 0.25) is 5.02 Å². The molecule has 0 bridgehead atoms. The van der Waals surface area contributed by atoms with E-state index in [-0.39, 0.29) is 17.9 Å². The highest BCUT2D eigenvalue weighted by Gasteiger charge is 2.12. The van der Waals surface area contributed by atoms with Gasteiger partial charge in [0.15, 0.2) is 0 Å². The zero-order chi connectivity index (χ0) is 21.5. The first-order chi connectivity index (χ1) is 14.5. The summed E-state index contributed by atoms with van der Waals surface area (Å²) in [4.78, 5) is 12.5. The molecule has 0 aliphatic heterocycles. The number of phenols is 1. The third-order valence-electron chi connectivity index (χ3n) is 4.10. The number of anilines is 1. The summed E-state index contributed by atoms with van der Waals surface area (Å²) in [6.07, 6.45) is 1.46. The number of hydrogen-bond acceptors (Lipinski definition) is 4. The first kappa shape index (κ1) is 21.4. The molecular formula is C23H16BrClN2O3. The minimum absolute atomic E-state index is 0.0819. The molecule has 5 nitrogen and oxygen atoms in total. The lowest BCUT2D eigenvalue weighted by molar-refractivity contribution is -0.112. The quantitative estimate of drug-likeness (QED) is 0.258. The number of benzene rings is 3. The highest BCUT2D eigenvalue weighted by molar-refractivity contribution is 9.10. The Hall–Kier alpha value is -3.27. The number of nitriles is 1. The Labute approximate surface area is 187 Å². The van der Waals surface area contributed by atoms with Gasteiger partial charge in [0, 0.05) is 26.3 Å². The van der Waals surface area contributed by atoms with Crippen molar-refractivity contribution in [1.82, 2.24) is 0 Å². The molecule has 7 heteroatoms. The number of halogens is 2. The standard InChI is InChI=1S/C23H16BrClN2O3/c24-18-5-10-22(30-14-15-3-1-2-4-21(15)25)16(12-18)11-17(13-26)23(29)27-19-6-8-20(28)9-7-19/h1-12,28H,14H2,(H,27,29)/b17-11+. The van der Waals surface area contributed by atoms with Gasteiger partial charge in [-0.3, -0.25) is 4.79 Å². The molecule has 0 aliphatic rings. The number of carbonyl (C=O) groups excluding carboxylic acids is 1. The average molecular weight is 484 g/mol. The largest absolute Gasteiger partial charge is 0.508 e. The molecule has 30 heavy (non-hydrogen) atoms. The summed E-state index contributed by atoms with van der Waals surface area (Å²) >= 11 is 9.58. The van der Waals surface area contributed by atoms with Crippen LogP contribution in [0.25, 0.3) is 6.08 Å². The highest BCUT2D eigenvalue weighted by Crippen LogP contribution is 2.27. The van der Waals surface area contributed by atoms with E-state index in [9.17, 15) is 15.2 Å². The molecule has 0 unspecified atom stereocenters. The van der Waals surface area contributed by atoms with Crippen LogP contribution in [0.3, 0.4) is 0 Å². The molecular weight excluding hydrogens is 468 g/mol. The Balaban J connectivity index is 1.83. The van der Waals surface area contributed by atoms with Crippen molar-refractivity contribution >= 4 is 45.2 Å². The predicted molar refractivity (Wildman–Crippen MR) is 120 cm³/mol. The number of rotatable bonds is 6. The van der Waals surface area contributed by atoms with E-state index < -0.39 is 5.91 Å². The lowest BCUT2D eigenvalue weighted by atomic mass is 10.1. The van der Waals surface area contributed by atoms with Gasteiger partial charge in [-0.15, -0.1) is 0 Å². The Morgan fingerprint density at radius 3 is 2.60 bits per heavy atom. The summed E-state index contributed by atoms with van der Waals surface area (Å²) < 4.78 is 6.67. The Morgan fingerprint density at radius 1 is 1.17 bits per heavy atom. The van der Waals surface area contributed by atoms with Gasteiger partial charge in [0.2, 0.25) is 0 Å². The van der Waals surface area contributed by atoms with Crippen LogP contribution < -0.4 is 10.1 Å². The molecule has 0 spiro atoms. The molecule has 0 saturated carbocycles. The summed E-state index contributed by atoms with van der Waals surface area (Å²) in [6, 6.07) is 20.6. The van der Waals surface area contributed by atoms with Crippen LogP contribution in [-0.2, 0) is 11.4 Å². The lowest BCUT2D eigenvalue weighted by Gasteiger charge is -2.11. The van der Waals surface area contributed by atoms with E-state index in [2.05, 4.69) is 21.2 Å². The van der Waals surface area contributed by atoms with E-state index in [1.54, 1.807) is 30.3 Å². The van der Waals surface area contributed by atoms with Crippen molar-refractivity contribution in [2.24, 2.45) is 0 Å². The van der Waals surface area contributed by atoms with Gasteiger partial charge in [-0.1, -0.05) is 45.7 Å². The number of carbonyl (C=O) groups is 1. The normalized spacial score (nSPS) is 10.9. The van der Waals surface area contributed by atoms with Crippen LogP contribution in [0, 0.1) is 11.3 Å². The van der Waals surface area contributed by atoms with E-state index in [0.717, 1.165) is 10.0 Å². The second kappa shape index (κ2) is 9.97. The molecule has 2 N–H and O–H groups in total. The summed E-state index contributed by atoms with van der Waals surface area (Å²) in [5, 5.41) is 22.1. The maximum atomic E-state index is 12.5. The van der Waals surface area contributed by atoms with Crippen molar-refractivity contribution in [2.75, 3.05) is 5.32 Å². The molecule has 0 saturated heterocycles. The Bertz CT molecular complexity index is 1140. The van der Waals surface area contributed by atoms with E-state index in [0.29, 0.717) is 22.0 Å². The first-order valence-corrected chi connectivity index (χ1v) is 10.0. The number of aromatic hydroxyl groups is 1. The van der Waals surface area contributed by atoms with Gasteiger partial charge in [-0.2, -0.15) is 5.26 Å². The fourth-order valence-corrected chi connectivity index (χ4v) is 3.15. The van der Waals surface area contributed by atoms with Crippen LogP contribution in [0.1, 0.15) is 11.1 Å². The van der Waals surface area contributed by atoms with Crippen molar-refractivity contribution in [3.63, 3.8) is 0 Å². The number of nitrogens with one attached hydrogen (secondary N) is 1. The summed E-state index contributed by atoms with van der Waals surface area (Å²) in [7, 11) is 0. The Morgan fingerprint density at radius 2 is 1.90 bits per heavy atom. The van der Waals surface area contributed by atoms with Crippen molar-refractivity contribution in [3.8, 4) is 17.6 Å². The molecule has 3 aromatic carbocycles. The SMILES string of the molecule is N#C/C(=C\c1cc(Br)ccc1OCc1ccccc1Cl)C(=O)Nc1ccc(O)cc1. The zero-order valence-corrected chi connectivity index (χ0v) is 17.9. The second-order valence-corrected chi connectivity index (χ2v) is 7.56. The van der Waals surface area contributed by atoms with Gasteiger partial charge in [0.25, 0.3) is 5.91 Å². The van der Waals surface area contributed by atoms with Crippen LogP contribution >= 0.6 is 27.5 Å². The van der Waals surface area contributed by atoms with Crippen molar-refractivity contribution < 1.29 is 14.6 Å². The van der Waals surface area contributed by atoms with Gasteiger partial charge >= 0.3 is 0 Å². The molecule has 0 heterocycles. The first-order valence-electron chi connectivity index (χ1n) is 8.84. The number of hydrogen-bond donors (Lipinski definition) is 2.